The number of carbonyl (C=O) groups excluding carboxylic acids is 2. The minimum atomic E-state index is -1.00. The van der Waals surface area contributed by atoms with E-state index in [0.29, 0.717) is 26.2 Å². The van der Waals surface area contributed by atoms with Crippen molar-refractivity contribution < 1.29 is 19.5 Å². The van der Waals surface area contributed by atoms with Crippen LogP contribution >= 0.6 is 24.0 Å². The van der Waals surface area contributed by atoms with Crippen LogP contribution in [0.4, 0.5) is 11.4 Å². The first-order chi connectivity index (χ1) is 12.8. The summed E-state index contributed by atoms with van der Waals surface area (Å²) in [4.78, 5) is 36.6. The second-order valence-corrected chi connectivity index (χ2v) is 7.35. The number of hydrogen-bond acceptors (Lipinski definition) is 5. The molecule has 0 atom stereocenters. The molecule has 6 nitrogen and oxygen atoms in total. The van der Waals surface area contributed by atoms with Gasteiger partial charge in [-0.15, -0.1) is 0 Å². The molecule has 0 saturated carbocycles. The molecule has 2 aromatic rings. The lowest BCUT2D eigenvalue weighted by molar-refractivity contribution is -0.114. The average molecular weight is 398 g/mol. The summed E-state index contributed by atoms with van der Waals surface area (Å²) in [6.07, 6.45) is 1.68. The van der Waals surface area contributed by atoms with E-state index in [1.54, 1.807) is 42.5 Å². The maximum Gasteiger partial charge on any atom is 0.335 e. The van der Waals surface area contributed by atoms with Crippen LogP contribution in [-0.2, 0) is 9.59 Å². The van der Waals surface area contributed by atoms with Crippen LogP contribution in [0.2, 0.25) is 0 Å². The zero-order valence-corrected chi connectivity index (χ0v) is 15.8. The van der Waals surface area contributed by atoms with E-state index in [-0.39, 0.29) is 17.4 Å². The first kappa shape index (κ1) is 18.8. The van der Waals surface area contributed by atoms with Crippen LogP contribution < -0.4 is 10.2 Å². The molecule has 0 spiro atoms. The van der Waals surface area contributed by atoms with Crippen LogP contribution in [0.3, 0.4) is 0 Å². The van der Waals surface area contributed by atoms with E-state index >= 15 is 0 Å². The number of thiocarbonyl (C=S) groups is 1. The Labute approximate surface area is 164 Å². The van der Waals surface area contributed by atoms with E-state index in [4.69, 9.17) is 17.3 Å². The molecule has 0 bridgehead atoms. The molecular weight excluding hydrogens is 384 g/mol. The molecule has 1 heterocycles. The predicted octanol–water partition coefficient (Wildman–Crippen LogP) is 3.75. The first-order valence-corrected chi connectivity index (χ1v) is 9.06. The fraction of sp³-hybridized carbons (Fsp3) is 0.0526. The number of rotatable bonds is 4. The number of carbonyl (C=O) groups is 3. The van der Waals surface area contributed by atoms with Crippen molar-refractivity contribution in [3.8, 4) is 0 Å². The molecule has 0 aliphatic carbocycles. The number of anilines is 2. The van der Waals surface area contributed by atoms with E-state index in [2.05, 4.69) is 5.32 Å². The predicted molar refractivity (Wildman–Crippen MR) is 110 cm³/mol. The number of aromatic carboxylic acids is 1. The Kier molecular flexibility index (Phi) is 5.38. The number of nitrogens with zero attached hydrogens (tertiary/aromatic N) is 1. The smallest absolute Gasteiger partial charge is 0.335 e. The quantitative estimate of drug-likeness (QED) is 0.603. The minimum absolute atomic E-state index is 0.176. The van der Waals surface area contributed by atoms with Gasteiger partial charge in [0, 0.05) is 12.6 Å². The molecule has 1 aliphatic heterocycles. The maximum absolute atomic E-state index is 12.7. The second kappa shape index (κ2) is 7.73. The zero-order valence-electron chi connectivity index (χ0n) is 14.1. The Bertz CT molecular complexity index is 966. The van der Waals surface area contributed by atoms with Gasteiger partial charge in [0.2, 0.25) is 5.91 Å². The molecule has 2 aromatic carbocycles. The summed E-state index contributed by atoms with van der Waals surface area (Å²) in [5.74, 6) is -1.43. The fourth-order valence-corrected chi connectivity index (χ4v) is 3.76. The highest BCUT2D eigenvalue weighted by molar-refractivity contribution is 8.27. The van der Waals surface area contributed by atoms with Gasteiger partial charge in [0.1, 0.15) is 0 Å². The molecule has 0 unspecified atom stereocenters. The summed E-state index contributed by atoms with van der Waals surface area (Å²) >= 11 is 6.51. The molecule has 1 fully saturated rings. The van der Waals surface area contributed by atoms with Crippen molar-refractivity contribution in [3.05, 3.63) is 64.6 Å². The topological polar surface area (TPSA) is 86.7 Å². The van der Waals surface area contributed by atoms with Gasteiger partial charge < -0.3 is 10.4 Å². The van der Waals surface area contributed by atoms with Gasteiger partial charge in [-0.3, -0.25) is 14.5 Å². The number of carboxylic acid groups (broad SMARTS) is 1. The van der Waals surface area contributed by atoms with Gasteiger partial charge >= 0.3 is 5.97 Å². The Morgan fingerprint density at radius 1 is 1.11 bits per heavy atom. The Morgan fingerprint density at radius 3 is 2.30 bits per heavy atom. The van der Waals surface area contributed by atoms with Gasteiger partial charge in [-0.1, -0.05) is 36.1 Å². The van der Waals surface area contributed by atoms with E-state index in [0.717, 1.165) is 0 Å². The Hall–Kier alpha value is -2.97. The normalized spacial score (nSPS) is 15.3. The van der Waals surface area contributed by atoms with Crippen LogP contribution in [0.15, 0.2) is 53.4 Å². The van der Waals surface area contributed by atoms with Gasteiger partial charge in [-0.25, -0.2) is 4.79 Å². The minimum Gasteiger partial charge on any atom is -0.478 e. The number of nitrogens with one attached hydrogen (secondary N) is 1. The van der Waals surface area contributed by atoms with Crippen LogP contribution in [-0.4, -0.2) is 27.2 Å². The second-order valence-electron chi connectivity index (χ2n) is 5.67. The number of amides is 2. The van der Waals surface area contributed by atoms with Crippen LogP contribution in [0.5, 0.6) is 0 Å². The monoisotopic (exact) mass is 398 g/mol. The summed E-state index contributed by atoms with van der Waals surface area (Å²) in [6, 6.07) is 13.1. The lowest BCUT2D eigenvalue weighted by Crippen LogP contribution is -2.27. The van der Waals surface area contributed by atoms with E-state index in [9.17, 15) is 14.4 Å². The van der Waals surface area contributed by atoms with Gasteiger partial charge in [0.05, 0.1) is 16.2 Å². The van der Waals surface area contributed by atoms with Crippen molar-refractivity contribution in [1.82, 2.24) is 0 Å². The van der Waals surface area contributed by atoms with Crippen molar-refractivity contribution in [2.75, 3.05) is 10.2 Å². The SMILES string of the molecule is CC(=O)Nc1ccc(N2C(=O)C(=Cc3ccc(C(=O)O)cc3)SC2=S)cc1. The third-order valence-corrected chi connectivity index (χ3v) is 5.00. The van der Waals surface area contributed by atoms with Crippen LogP contribution in [0.25, 0.3) is 6.08 Å². The number of thioether (sulfide) groups is 1. The number of hydrogen-bond donors (Lipinski definition) is 2. The lowest BCUT2D eigenvalue weighted by atomic mass is 10.1. The third-order valence-electron chi connectivity index (χ3n) is 3.69. The summed E-state index contributed by atoms with van der Waals surface area (Å²) in [5.41, 5.74) is 2.13. The molecular formula is C19H14N2O4S2. The molecule has 0 aromatic heterocycles. The average Bonchev–Trinajstić information content (AvgIpc) is 2.89. The van der Waals surface area contributed by atoms with Crippen LogP contribution in [0.1, 0.15) is 22.8 Å². The van der Waals surface area contributed by atoms with E-state index in [1.165, 1.54) is 35.7 Å². The fourth-order valence-electron chi connectivity index (χ4n) is 2.46. The van der Waals surface area contributed by atoms with Crippen molar-refractivity contribution in [2.24, 2.45) is 0 Å². The van der Waals surface area contributed by atoms with Gasteiger partial charge in [0.25, 0.3) is 5.91 Å². The number of carboxylic acids is 1. The Balaban J connectivity index is 1.82. The highest BCUT2D eigenvalue weighted by Gasteiger charge is 2.33. The molecule has 0 radical (unpaired) electrons. The molecule has 1 saturated heterocycles. The van der Waals surface area contributed by atoms with Crippen molar-refractivity contribution in [2.45, 2.75) is 6.92 Å². The maximum atomic E-state index is 12.7. The highest BCUT2D eigenvalue weighted by Crippen LogP contribution is 2.36. The molecule has 3 rings (SSSR count). The molecule has 2 N–H and O–H groups in total. The summed E-state index contributed by atoms with van der Waals surface area (Å²) in [7, 11) is 0. The van der Waals surface area contributed by atoms with Gasteiger partial charge in [0.15, 0.2) is 4.32 Å². The summed E-state index contributed by atoms with van der Waals surface area (Å²) in [5, 5.41) is 11.6. The van der Waals surface area contributed by atoms with Gasteiger partial charge in [-0.05, 0) is 48.0 Å². The van der Waals surface area contributed by atoms with Crippen molar-refractivity contribution >= 4 is 63.5 Å². The number of benzene rings is 2. The van der Waals surface area contributed by atoms with Gasteiger partial charge in [-0.2, -0.15) is 0 Å². The van der Waals surface area contributed by atoms with Crippen molar-refractivity contribution in [1.29, 1.82) is 0 Å². The van der Waals surface area contributed by atoms with Crippen LogP contribution in [0, 0.1) is 0 Å². The molecule has 2 amide bonds. The standard InChI is InChI=1S/C19H14N2O4S2/c1-11(22)20-14-6-8-15(9-7-14)21-17(23)16(27-19(21)26)10-12-2-4-13(5-3-12)18(24)25/h2-10H,1H3,(H,20,22)(H,24,25). The van der Waals surface area contributed by atoms with E-state index < -0.39 is 5.97 Å². The first-order valence-electron chi connectivity index (χ1n) is 7.84. The lowest BCUT2D eigenvalue weighted by Gasteiger charge is -2.15. The summed E-state index contributed by atoms with van der Waals surface area (Å²) < 4.78 is 0.403. The van der Waals surface area contributed by atoms with E-state index in [1.807, 2.05) is 0 Å². The molecule has 1 aliphatic rings. The highest BCUT2D eigenvalue weighted by atomic mass is 32.2. The Morgan fingerprint density at radius 2 is 1.74 bits per heavy atom. The molecule has 8 heteroatoms. The third kappa shape index (κ3) is 4.24. The molecule has 27 heavy (non-hydrogen) atoms. The largest absolute Gasteiger partial charge is 0.478 e. The summed E-state index contributed by atoms with van der Waals surface area (Å²) in [6.45, 7) is 1.42. The molecule has 136 valence electrons. The zero-order chi connectivity index (χ0) is 19.6. The van der Waals surface area contributed by atoms with Crippen molar-refractivity contribution in [3.63, 3.8) is 0 Å².